The van der Waals surface area contributed by atoms with E-state index >= 15 is 0 Å². The van der Waals surface area contributed by atoms with E-state index in [0.717, 1.165) is 24.0 Å². The number of nitrogens with two attached hydrogens (primary N) is 1. The topological polar surface area (TPSA) is 42.4 Å². The van der Waals surface area contributed by atoms with E-state index in [0.29, 0.717) is 0 Å². The van der Waals surface area contributed by atoms with Crippen molar-refractivity contribution in [3.05, 3.63) is 23.7 Å². The first-order chi connectivity index (χ1) is 8.08. The van der Waals surface area contributed by atoms with Gasteiger partial charge in [0.1, 0.15) is 11.5 Å². The molecule has 1 aromatic rings. The molecule has 1 aliphatic rings. The molecule has 17 heavy (non-hydrogen) atoms. The summed E-state index contributed by atoms with van der Waals surface area (Å²) in [6.45, 7) is 5.17. The SMILES string of the molecule is Cc1ccc(C(C(C)N)N(C)CC2CCC2)o1. The molecule has 1 heterocycles. The van der Waals surface area contributed by atoms with Gasteiger partial charge in [0.15, 0.2) is 0 Å². The fraction of sp³-hybridized carbons (Fsp3) is 0.714. The van der Waals surface area contributed by atoms with Crippen LogP contribution in [0, 0.1) is 12.8 Å². The van der Waals surface area contributed by atoms with E-state index in [1.54, 1.807) is 0 Å². The summed E-state index contributed by atoms with van der Waals surface area (Å²) in [5.41, 5.74) is 6.11. The lowest BCUT2D eigenvalue weighted by atomic mass is 9.84. The fourth-order valence-corrected chi connectivity index (χ4v) is 2.69. The first kappa shape index (κ1) is 12.7. The van der Waals surface area contributed by atoms with Crippen molar-refractivity contribution >= 4 is 0 Å². The summed E-state index contributed by atoms with van der Waals surface area (Å²) in [5, 5.41) is 0. The molecule has 3 nitrogen and oxygen atoms in total. The third-order valence-electron chi connectivity index (χ3n) is 3.80. The number of nitrogens with zero attached hydrogens (tertiary/aromatic N) is 1. The first-order valence-electron chi connectivity index (χ1n) is 6.60. The molecule has 0 saturated heterocycles. The van der Waals surface area contributed by atoms with Crippen LogP contribution in [-0.2, 0) is 0 Å². The lowest BCUT2D eigenvalue weighted by Crippen LogP contribution is -2.40. The van der Waals surface area contributed by atoms with Crippen LogP contribution in [-0.4, -0.2) is 24.5 Å². The highest BCUT2D eigenvalue weighted by Gasteiger charge is 2.28. The quantitative estimate of drug-likeness (QED) is 0.854. The van der Waals surface area contributed by atoms with Gasteiger partial charge in [-0.3, -0.25) is 4.90 Å². The standard InChI is InChI=1S/C14H24N2O/c1-10-7-8-13(17-10)14(11(2)15)16(3)9-12-5-4-6-12/h7-8,11-12,14H,4-6,9,15H2,1-3H3. The zero-order chi connectivity index (χ0) is 12.4. The van der Waals surface area contributed by atoms with E-state index < -0.39 is 0 Å². The van der Waals surface area contributed by atoms with Crippen molar-refractivity contribution in [3.8, 4) is 0 Å². The second-order valence-corrected chi connectivity index (χ2v) is 5.49. The Balaban J connectivity index is 2.05. The fourth-order valence-electron chi connectivity index (χ4n) is 2.69. The second kappa shape index (κ2) is 5.23. The molecule has 0 amide bonds. The van der Waals surface area contributed by atoms with Crippen LogP contribution in [0.4, 0.5) is 0 Å². The van der Waals surface area contributed by atoms with Gasteiger partial charge in [0.2, 0.25) is 0 Å². The Morgan fingerprint density at radius 1 is 1.47 bits per heavy atom. The molecule has 1 aliphatic carbocycles. The molecule has 0 aromatic carbocycles. The van der Waals surface area contributed by atoms with Crippen LogP contribution in [0.2, 0.25) is 0 Å². The summed E-state index contributed by atoms with van der Waals surface area (Å²) in [6.07, 6.45) is 4.13. The lowest BCUT2D eigenvalue weighted by molar-refractivity contribution is 0.134. The van der Waals surface area contributed by atoms with Crippen LogP contribution in [0.3, 0.4) is 0 Å². The molecule has 2 unspecified atom stereocenters. The van der Waals surface area contributed by atoms with Gasteiger partial charge < -0.3 is 10.2 Å². The van der Waals surface area contributed by atoms with Crippen LogP contribution < -0.4 is 5.73 Å². The molecule has 1 aromatic heterocycles. The van der Waals surface area contributed by atoms with Crippen LogP contribution in [0.25, 0.3) is 0 Å². The highest BCUT2D eigenvalue weighted by Crippen LogP contribution is 2.31. The molecule has 0 bridgehead atoms. The van der Waals surface area contributed by atoms with Crippen LogP contribution in [0.1, 0.15) is 43.7 Å². The van der Waals surface area contributed by atoms with Gasteiger partial charge in [-0.15, -0.1) is 0 Å². The van der Waals surface area contributed by atoms with Gasteiger partial charge in [-0.05, 0) is 51.8 Å². The third-order valence-corrected chi connectivity index (χ3v) is 3.80. The summed E-state index contributed by atoms with van der Waals surface area (Å²) >= 11 is 0. The van der Waals surface area contributed by atoms with E-state index in [4.69, 9.17) is 10.2 Å². The predicted molar refractivity (Wildman–Crippen MR) is 69.8 cm³/mol. The first-order valence-corrected chi connectivity index (χ1v) is 6.60. The van der Waals surface area contributed by atoms with E-state index in [1.807, 2.05) is 13.0 Å². The molecule has 2 rings (SSSR count). The number of likely N-dealkylation sites (N-methyl/N-ethyl adjacent to an activating group) is 1. The highest BCUT2D eigenvalue weighted by atomic mass is 16.3. The molecule has 96 valence electrons. The van der Waals surface area contributed by atoms with Gasteiger partial charge in [0, 0.05) is 12.6 Å². The molecule has 1 saturated carbocycles. The lowest BCUT2D eigenvalue weighted by Gasteiger charge is -2.35. The molecule has 2 N–H and O–H groups in total. The maximum atomic E-state index is 6.11. The van der Waals surface area contributed by atoms with Crippen LogP contribution in [0.5, 0.6) is 0 Å². The predicted octanol–water partition coefficient (Wildman–Crippen LogP) is 2.71. The van der Waals surface area contributed by atoms with E-state index in [2.05, 4.69) is 24.9 Å². The highest BCUT2D eigenvalue weighted by molar-refractivity contribution is 5.11. The Kier molecular flexibility index (Phi) is 3.89. The second-order valence-electron chi connectivity index (χ2n) is 5.49. The zero-order valence-electron chi connectivity index (χ0n) is 11.1. The number of hydrogen-bond donors (Lipinski definition) is 1. The molecule has 2 atom stereocenters. The average molecular weight is 236 g/mol. The zero-order valence-corrected chi connectivity index (χ0v) is 11.1. The average Bonchev–Trinajstić information content (AvgIpc) is 2.58. The van der Waals surface area contributed by atoms with Gasteiger partial charge in [-0.1, -0.05) is 6.42 Å². The van der Waals surface area contributed by atoms with Gasteiger partial charge in [0.25, 0.3) is 0 Å². The number of aryl methyl sites for hydroxylation is 1. The number of furan rings is 1. The van der Waals surface area contributed by atoms with Crippen molar-refractivity contribution in [1.82, 2.24) is 4.90 Å². The van der Waals surface area contributed by atoms with Crippen molar-refractivity contribution in [2.45, 2.75) is 45.2 Å². The van der Waals surface area contributed by atoms with Gasteiger partial charge in [0.05, 0.1) is 6.04 Å². The third kappa shape index (κ3) is 2.90. The molecule has 0 radical (unpaired) electrons. The summed E-state index contributed by atoms with van der Waals surface area (Å²) in [4.78, 5) is 2.35. The van der Waals surface area contributed by atoms with Crippen molar-refractivity contribution in [2.75, 3.05) is 13.6 Å². The van der Waals surface area contributed by atoms with E-state index in [9.17, 15) is 0 Å². The normalized spacial score (nSPS) is 20.3. The smallest absolute Gasteiger partial charge is 0.122 e. The molecule has 0 aliphatic heterocycles. The Morgan fingerprint density at radius 3 is 2.59 bits per heavy atom. The van der Waals surface area contributed by atoms with Gasteiger partial charge in [-0.2, -0.15) is 0 Å². The summed E-state index contributed by atoms with van der Waals surface area (Å²) in [7, 11) is 2.16. The monoisotopic (exact) mass is 236 g/mol. The largest absolute Gasteiger partial charge is 0.465 e. The molecule has 3 heteroatoms. The molecular formula is C14H24N2O. The van der Waals surface area contributed by atoms with Crippen LogP contribution in [0.15, 0.2) is 16.5 Å². The minimum absolute atomic E-state index is 0.0885. The maximum absolute atomic E-state index is 6.11. The van der Waals surface area contributed by atoms with Crippen molar-refractivity contribution in [1.29, 1.82) is 0 Å². The summed E-state index contributed by atoms with van der Waals surface area (Å²) in [6, 6.07) is 4.36. The van der Waals surface area contributed by atoms with Crippen LogP contribution >= 0.6 is 0 Å². The number of hydrogen-bond acceptors (Lipinski definition) is 3. The van der Waals surface area contributed by atoms with Crippen molar-refractivity contribution < 1.29 is 4.42 Å². The van der Waals surface area contributed by atoms with Gasteiger partial charge in [-0.25, -0.2) is 0 Å². The minimum Gasteiger partial charge on any atom is -0.465 e. The summed E-state index contributed by atoms with van der Waals surface area (Å²) < 4.78 is 5.74. The minimum atomic E-state index is 0.0885. The molecule has 1 fully saturated rings. The Bertz CT molecular complexity index is 355. The number of rotatable bonds is 5. The van der Waals surface area contributed by atoms with E-state index in [-0.39, 0.29) is 12.1 Å². The summed E-state index contributed by atoms with van der Waals surface area (Å²) in [5.74, 6) is 2.82. The van der Waals surface area contributed by atoms with Crippen molar-refractivity contribution in [2.24, 2.45) is 11.7 Å². The Labute approximate surface area is 104 Å². The van der Waals surface area contributed by atoms with Crippen molar-refractivity contribution in [3.63, 3.8) is 0 Å². The molecule has 0 spiro atoms. The van der Waals surface area contributed by atoms with Gasteiger partial charge >= 0.3 is 0 Å². The Morgan fingerprint density at radius 2 is 2.18 bits per heavy atom. The maximum Gasteiger partial charge on any atom is 0.122 e. The molecular weight excluding hydrogens is 212 g/mol. The van der Waals surface area contributed by atoms with E-state index in [1.165, 1.54) is 19.3 Å². The Hall–Kier alpha value is -0.800.